The van der Waals surface area contributed by atoms with Crippen LogP contribution in [0.2, 0.25) is 32.7 Å². The molecule has 0 aliphatic carbocycles. The van der Waals surface area contributed by atoms with Gasteiger partial charge in [-0.1, -0.05) is 6.58 Å². The Hall–Kier alpha value is -0.146. The molecule has 0 fully saturated rings. The first-order valence-electron chi connectivity index (χ1n) is 5.87. The van der Waals surface area contributed by atoms with Gasteiger partial charge in [0, 0.05) is 6.61 Å². The fourth-order valence-electron chi connectivity index (χ4n) is 1.29. The molecule has 0 atom stereocenters. The van der Waals surface area contributed by atoms with Crippen LogP contribution >= 0.6 is 0 Å². The van der Waals surface area contributed by atoms with Crippen molar-refractivity contribution < 1.29 is 13.6 Å². The summed E-state index contributed by atoms with van der Waals surface area (Å²) in [5, 5.41) is 0. The molecule has 0 aromatic rings. The van der Waals surface area contributed by atoms with E-state index in [1.165, 1.54) is 6.20 Å². The van der Waals surface area contributed by atoms with E-state index < -0.39 is 16.6 Å². The van der Waals surface area contributed by atoms with Gasteiger partial charge in [0.1, 0.15) is 6.79 Å². The first kappa shape index (κ1) is 19.2. The van der Waals surface area contributed by atoms with Crippen LogP contribution < -0.4 is 5.73 Å². The van der Waals surface area contributed by atoms with E-state index in [-0.39, 0.29) is 0 Å². The van der Waals surface area contributed by atoms with E-state index in [0.717, 1.165) is 6.23 Å². The van der Waals surface area contributed by atoms with Crippen molar-refractivity contribution >= 4 is 16.6 Å². The summed E-state index contributed by atoms with van der Waals surface area (Å²) in [6, 6.07) is 0. The van der Waals surface area contributed by atoms with Crippen LogP contribution in [0.4, 0.5) is 0 Å². The number of nitrogens with two attached hydrogens (primary N) is 1. The maximum atomic E-state index is 6.10. The van der Waals surface area contributed by atoms with Crippen LogP contribution in [0.1, 0.15) is 6.92 Å². The largest absolute Gasteiger partial charge is 0.454 e. The average Bonchev–Trinajstić information content (AvgIpc) is 2.10. The van der Waals surface area contributed by atoms with Gasteiger partial charge in [-0.25, -0.2) is 0 Å². The molecule has 0 aliphatic rings. The molecule has 0 amide bonds. The molecule has 4 nitrogen and oxygen atoms in total. The highest BCUT2D eigenvalue weighted by Crippen LogP contribution is 2.14. The Morgan fingerprint density at radius 2 is 1.59 bits per heavy atom. The minimum absolute atomic E-state index is 0.391. The summed E-state index contributed by atoms with van der Waals surface area (Å²) in [6.07, 6.45) is 1.97. The van der Waals surface area contributed by atoms with Crippen LogP contribution in [0, 0.1) is 0 Å². The van der Waals surface area contributed by atoms with Crippen molar-refractivity contribution in [3.8, 4) is 0 Å². The second-order valence-corrected chi connectivity index (χ2v) is 14.0. The minimum Gasteiger partial charge on any atom is -0.454 e. The fraction of sp³-hybridized carbons (Fsp3) is 0.818. The van der Waals surface area contributed by atoms with Crippen LogP contribution in [0.5, 0.6) is 0 Å². The van der Waals surface area contributed by atoms with Gasteiger partial charge in [-0.15, -0.1) is 0 Å². The van der Waals surface area contributed by atoms with Gasteiger partial charge in [-0.3, -0.25) is 0 Å². The average molecular weight is 280 g/mol. The molecule has 0 radical (unpaired) electrons. The molecule has 0 bridgehead atoms. The zero-order chi connectivity index (χ0) is 13.9. The molecule has 0 unspecified atom stereocenters. The number of ether oxygens (including phenoxy) is 2. The van der Waals surface area contributed by atoms with E-state index in [2.05, 4.69) is 45.0 Å². The lowest BCUT2D eigenvalue weighted by Gasteiger charge is -2.31. The molecule has 0 heterocycles. The summed E-state index contributed by atoms with van der Waals surface area (Å²) in [7, 11) is -3.05. The highest BCUT2D eigenvalue weighted by atomic mass is 28.4. The maximum absolute atomic E-state index is 6.10. The molecule has 0 spiro atoms. The van der Waals surface area contributed by atoms with Crippen molar-refractivity contribution in [3.05, 3.63) is 12.8 Å². The molecule has 0 saturated heterocycles. The van der Waals surface area contributed by atoms with Crippen molar-refractivity contribution in [2.45, 2.75) is 39.7 Å². The second kappa shape index (κ2) is 9.84. The van der Waals surface area contributed by atoms with Crippen molar-refractivity contribution in [2.75, 3.05) is 19.6 Å². The van der Waals surface area contributed by atoms with E-state index in [1.807, 2.05) is 6.92 Å². The predicted octanol–water partition coefficient (Wildman–Crippen LogP) is 2.68. The van der Waals surface area contributed by atoms with Gasteiger partial charge in [-0.05, 0) is 45.9 Å². The Morgan fingerprint density at radius 3 is 1.94 bits per heavy atom. The highest BCUT2D eigenvalue weighted by molar-refractivity contribution is 6.84. The zero-order valence-corrected chi connectivity index (χ0v) is 14.2. The Balaban J connectivity index is 0. The summed E-state index contributed by atoms with van der Waals surface area (Å²) >= 11 is 0. The lowest BCUT2D eigenvalue weighted by atomic mass is 10.9. The fourth-order valence-corrected chi connectivity index (χ4v) is 8.73. The molecular weight excluding hydrogens is 250 g/mol. The Morgan fingerprint density at radius 1 is 1.12 bits per heavy atom. The summed E-state index contributed by atoms with van der Waals surface area (Å²) in [5.74, 6) is 0. The Labute approximate surface area is 108 Å². The van der Waals surface area contributed by atoms with Gasteiger partial charge in [0.05, 0.1) is 6.23 Å². The standard InChI is InChI=1S/C9H24O3Si2.C2H5N/c1-7-10-8-11-9-14(5,6)12-13(2,3)4;1-2-3/h7-9H2,1-6H3;2H,1,3H2. The van der Waals surface area contributed by atoms with Crippen molar-refractivity contribution in [2.24, 2.45) is 5.73 Å². The van der Waals surface area contributed by atoms with Crippen molar-refractivity contribution in [3.63, 3.8) is 0 Å². The van der Waals surface area contributed by atoms with Crippen LogP contribution in [0.3, 0.4) is 0 Å². The van der Waals surface area contributed by atoms with Gasteiger partial charge in [-0.2, -0.15) is 0 Å². The molecule has 0 saturated carbocycles. The topological polar surface area (TPSA) is 53.7 Å². The summed E-state index contributed by atoms with van der Waals surface area (Å²) < 4.78 is 16.6. The van der Waals surface area contributed by atoms with Crippen LogP contribution in [0.15, 0.2) is 12.8 Å². The second-order valence-electron chi connectivity index (χ2n) is 5.17. The van der Waals surface area contributed by atoms with E-state index in [4.69, 9.17) is 13.6 Å². The lowest BCUT2D eigenvalue weighted by molar-refractivity contribution is -0.0368. The SMILES string of the molecule is C=CN.CCOCOC[Si](C)(C)O[Si](C)(C)C. The third kappa shape index (κ3) is 18.4. The van der Waals surface area contributed by atoms with Gasteiger partial charge in [0.25, 0.3) is 0 Å². The Bertz CT molecular complexity index is 194. The molecule has 0 rings (SSSR count). The molecule has 17 heavy (non-hydrogen) atoms. The van der Waals surface area contributed by atoms with E-state index in [1.54, 1.807) is 0 Å². The monoisotopic (exact) mass is 279 g/mol. The number of rotatable bonds is 7. The Kier molecular flexibility index (Phi) is 11.1. The van der Waals surface area contributed by atoms with Crippen molar-refractivity contribution in [1.82, 2.24) is 0 Å². The number of hydrogen-bond donors (Lipinski definition) is 1. The summed E-state index contributed by atoms with van der Waals surface area (Å²) in [4.78, 5) is 0. The van der Waals surface area contributed by atoms with E-state index >= 15 is 0 Å². The quantitative estimate of drug-likeness (QED) is 0.442. The molecule has 6 heteroatoms. The molecule has 0 aromatic heterocycles. The van der Waals surface area contributed by atoms with Gasteiger partial charge in [0.2, 0.25) is 0 Å². The summed E-state index contributed by atoms with van der Waals surface area (Å²) in [6.45, 7) is 17.2. The molecule has 0 aliphatic heterocycles. The predicted molar refractivity (Wildman–Crippen MR) is 78.7 cm³/mol. The van der Waals surface area contributed by atoms with Crippen LogP contribution in [0.25, 0.3) is 0 Å². The number of hydrogen-bond acceptors (Lipinski definition) is 4. The smallest absolute Gasteiger partial charge is 0.199 e. The van der Waals surface area contributed by atoms with Gasteiger partial charge < -0.3 is 19.3 Å². The third-order valence-corrected chi connectivity index (χ3v) is 6.96. The van der Waals surface area contributed by atoms with Crippen LogP contribution in [-0.4, -0.2) is 36.3 Å². The summed E-state index contributed by atoms with van der Waals surface area (Å²) in [5.41, 5.74) is 4.61. The molecule has 0 aromatic carbocycles. The highest BCUT2D eigenvalue weighted by Gasteiger charge is 2.29. The first-order valence-corrected chi connectivity index (χ1v) is 12.4. The normalized spacial score (nSPS) is 11.6. The molecule has 104 valence electrons. The van der Waals surface area contributed by atoms with Gasteiger partial charge >= 0.3 is 0 Å². The van der Waals surface area contributed by atoms with Gasteiger partial charge in [0.15, 0.2) is 16.6 Å². The van der Waals surface area contributed by atoms with E-state index in [0.29, 0.717) is 13.4 Å². The minimum atomic E-state index is -1.63. The van der Waals surface area contributed by atoms with Crippen molar-refractivity contribution in [1.29, 1.82) is 0 Å². The molecular formula is C11H29NO3Si2. The van der Waals surface area contributed by atoms with Crippen LogP contribution in [-0.2, 0) is 13.6 Å². The lowest BCUT2D eigenvalue weighted by Crippen LogP contribution is -2.46. The maximum Gasteiger partial charge on any atom is 0.199 e. The molecule has 2 N–H and O–H groups in total. The zero-order valence-electron chi connectivity index (χ0n) is 12.2. The first-order chi connectivity index (χ1) is 7.68. The third-order valence-electron chi connectivity index (χ3n) is 1.40. The van der Waals surface area contributed by atoms with E-state index in [9.17, 15) is 0 Å².